The maximum absolute atomic E-state index is 13.1. The third kappa shape index (κ3) is 4.62. The van der Waals surface area contributed by atoms with Crippen LogP contribution in [0.25, 0.3) is 16.8 Å². The van der Waals surface area contributed by atoms with E-state index in [0.29, 0.717) is 24.3 Å². The topological polar surface area (TPSA) is 75.9 Å². The van der Waals surface area contributed by atoms with E-state index in [4.69, 9.17) is 9.72 Å². The van der Waals surface area contributed by atoms with E-state index in [2.05, 4.69) is 15.8 Å². The van der Waals surface area contributed by atoms with Gasteiger partial charge in [0.05, 0.1) is 18.3 Å². The average Bonchev–Trinajstić information content (AvgIpc) is 3.29. The minimum absolute atomic E-state index is 0.0304. The molecule has 0 aliphatic carbocycles. The minimum Gasteiger partial charge on any atom is -0.497 e. The first kappa shape index (κ1) is 22.7. The van der Waals surface area contributed by atoms with Crippen LogP contribution in [-0.4, -0.2) is 46.3 Å². The van der Waals surface area contributed by atoms with Crippen molar-refractivity contribution in [1.82, 2.24) is 14.3 Å². The summed E-state index contributed by atoms with van der Waals surface area (Å²) in [5.74, 6) is 1.81. The van der Waals surface area contributed by atoms with Gasteiger partial charge in [-0.25, -0.2) is 9.78 Å². The van der Waals surface area contributed by atoms with Gasteiger partial charge in [0.25, 0.3) is 0 Å². The lowest BCUT2D eigenvalue weighted by Gasteiger charge is -2.32. The van der Waals surface area contributed by atoms with E-state index in [-0.39, 0.29) is 17.7 Å². The van der Waals surface area contributed by atoms with Gasteiger partial charge in [-0.3, -0.25) is 4.79 Å². The number of pyridine rings is 1. The number of benzene rings is 2. The molecule has 1 saturated heterocycles. The van der Waals surface area contributed by atoms with Crippen LogP contribution < -0.4 is 10.1 Å². The predicted molar refractivity (Wildman–Crippen MR) is 136 cm³/mol. The summed E-state index contributed by atoms with van der Waals surface area (Å²) in [5, 5.41) is 2.95. The van der Waals surface area contributed by atoms with Crippen molar-refractivity contribution in [1.29, 1.82) is 0 Å². The molecule has 1 atom stereocenters. The van der Waals surface area contributed by atoms with E-state index in [1.807, 2.05) is 47.5 Å². The first-order valence-electron chi connectivity index (χ1n) is 11.8. The van der Waals surface area contributed by atoms with Crippen LogP contribution in [0.3, 0.4) is 0 Å². The molecule has 1 N–H and O–H groups in total. The molecule has 2 aromatic carbocycles. The number of ketones is 1. The van der Waals surface area contributed by atoms with Crippen LogP contribution in [0.1, 0.15) is 41.9 Å². The van der Waals surface area contributed by atoms with Gasteiger partial charge >= 0.3 is 6.03 Å². The molecule has 0 spiro atoms. The molecule has 3 heterocycles. The Hall–Kier alpha value is -4.13. The zero-order chi connectivity index (χ0) is 24.4. The normalized spacial score (nSPS) is 15.7. The second kappa shape index (κ2) is 9.62. The highest BCUT2D eigenvalue weighted by atomic mass is 16.5. The van der Waals surface area contributed by atoms with Crippen LogP contribution >= 0.6 is 0 Å². The summed E-state index contributed by atoms with van der Waals surface area (Å²) in [6.07, 6.45) is 3.88. The summed E-state index contributed by atoms with van der Waals surface area (Å²) in [7, 11) is 1.66. The second-order valence-corrected chi connectivity index (χ2v) is 8.86. The molecule has 178 valence electrons. The number of ether oxygens (including phenoxy) is 1. The Kier molecular flexibility index (Phi) is 6.23. The molecule has 0 saturated carbocycles. The molecule has 7 heteroatoms. The smallest absolute Gasteiger partial charge is 0.321 e. The van der Waals surface area contributed by atoms with Gasteiger partial charge < -0.3 is 19.4 Å². The molecule has 1 fully saturated rings. The number of hydrogen-bond acceptors (Lipinski definition) is 4. The maximum Gasteiger partial charge on any atom is 0.321 e. The number of aromatic nitrogens is 2. The van der Waals surface area contributed by atoms with Gasteiger partial charge in [-0.15, -0.1) is 0 Å². The van der Waals surface area contributed by atoms with Crippen molar-refractivity contribution < 1.29 is 14.3 Å². The fourth-order valence-corrected chi connectivity index (χ4v) is 4.72. The second-order valence-electron chi connectivity index (χ2n) is 8.86. The largest absolute Gasteiger partial charge is 0.497 e. The first-order chi connectivity index (χ1) is 17.0. The van der Waals surface area contributed by atoms with Crippen LogP contribution in [0, 0.1) is 0 Å². The third-order valence-electron chi connectivity index (χ3n) is 6.51. The van der Waals surface area contributed by atoms with E-state index in [0.717, 1.165) is 41.2 Å². The van der Waals surface area contributed by atoms with Crippen LogP contribution in [0.2, 0.25) is 0 Å². The third-order valence-corrected chi connectivity index (χ3v) is 6.51. The molecular weight excluding hydrogens is 440 g/mol. The number of hydrogen-bond donors (Lipinski definition) is 1. The van der Waals surface area contributed by atoms with Crippen molar-refractivity contribution in [3.63, 3.8) is 0 Å². The molecule has 1 aliphatic rings. The number of rotatable bonds is 5. The Morgan fingerprint density at radius 2 is 1.91 bits per heavy atom. The molecule has 2 amide bonds. The minimum atomic E-state index is -0.163. The number of carbonyl (C=O) groups is 2. The summed E-state index contributed by atoms with van der Waals surface area (Å²) in [6, 6.07) is 20.9. The lowest BCUT2D eigenvalue weighted by atomic mass is 9.97. The number of piperidine rings is 1. The number of amides is 2. The molecule has 0 radical (unpaired) electrons. The van der Waals surface area contributed by atoms with Gasteiger partial charge in [0, 0.05) is 42.0 Å². The number of likely N-dealkylation sites (tertiary alicyclic amines) is 1. The number of urea groups is 1. The molecule has 0 bridgehead atoms. The van der Waals surface area contributed by atoms with Crippen molar-refractivity contribution in [3.05, 3.63) is 84.3 Å². The van der Waals surface area contributed by atoms with Gasteiger partial charge in [-0.2, -0.15) is 0 Å². The fraction of sp³-hybridized carbons (Fsp3) is 0.250. The number of fused-ring (bicyclic) bond motifs is 1. The Morgan fingerprint density at radius 1 is 1.06 bits per heavy atom. The van der Waals surface area contributed by atoms with Crippen molar-refractivity contribution in [2.45, 2.75) is 25.7 Å². The quantitative estimate of drug-likeness (QED) is 0.386. The van der Waals surface area contributed by atoms with Crippen LogP contribution in [0.15, 0.2) is 72.9 Å². The highest BCUT2D eigenvalue weighted by Crippen LogP contribution is 2.33. The monoisotopic (exact) mass is 468 g/mol. The number of nitrogens with one attached hydrogen (secondary N) is 1. The number of nitrogens with zero attached hydrogens (tertiary/aromatic N) is 3. The Morgan fingerprint density at radius 3 is 2.74 bits per heavy atom. The van der Waals surface area contributed by atoms with Crippen LogP contribution in [0.4, 0.5) is 10.5 Å². The van der Waals surface area contributed by atoms with Gasteiger partial charge in [-0.1, -0.05) is 30.3 Å². The highest BCUT2D eigenvalue weighted by Gasteiger charge is 2.29. The maximum atomic E-state index is 13.1. The molecule has 5 rings (SSSR count). The van der Waals surface area contributed by atoms with Crippen LogP contribution in [0.5, 0.6) is 5.75 Å². The standard InChI is InChI=1S/C28H28N4O3/c1-19(33)20-8-5-11-23(16-20)29-28(34)31-14-7-10-22(18-31)27-30-26(25-13-3-4-15-32(25)27)21-9-6-12-24(17-21)35-2/h3-6,8-9,11-13,15-17,22H,7,10,14,18H2,1-2H3,(H,29,34)/t22-/m1/s1. The van der Waals surface area contributed by atoms with Crippen molar-refractivity contribution in [3.8, 4) is 17.0 Å². The zero-order valence-corrected chi connectivity index (χ0v) is 19.9. The van der Waals surface area contributed by atoms with Gasteiger partial charge in [0.1, 0.15) is 11.6 Å². The van der Waals surface area contributed by atoms with Crippen molar-refractivity contribution in [2.75, 3.05) is 25.5 Å². The Labute approximate surface area is 204 Å². The molecule has 35 heavy (non-hydrogen) atoms. The number of imidazole rings is 1. The highest BCUT2D eigenvalue weighted by molar-refractivity contribution is 5.96. The molecule has 2 aromatic heterocycles. The van der Waals surface area contributed by atoms with E-state index < -0.39 is 0 Å². The van der Waals surface area contributed by atoms with Gasteiger partial charge in [0.15, 0.2) is 5.78 Å². The lowest BCUT2D eigenvalue weighted by molar-refractivity contribution is 0.101. The molecule has 4 aromatic rings. The molecule has 7 nitrogen and oxygen atoms in total. The predicted octanol–water partition coefficient (Wildman–Crippen LogP) is 5.62. The molecule has 1 aliphatic heterocycles. The summed E-state index contributed by atoms with van der Waals surface area (Å²) in [4.78, 5) is 31.7. The lowest BCUT2D eigenvalue weighted by Crippen LogP contribution is -2.42. The summed E-state index contributed by atoms with van der Waals surface area (Å²) in [5.41, 5.74) is 4.13. The van der Waals surface area contributed by atoms with Crippen molar-refractivity contribution >= 4 is 23.0 Å². The summed E-state index contributed by atoms with van der Waals surface area (Å²) in [6.45, 7) is 2.77. The number of anilines is 1. The van der Waals surface area contributed by atoms with E-state index in [1.165, 1.54) is 6.92 Å². The Balaban J connectivity index is 1.41. The molecule has 0 unspecified atom stereocenters. The van der Waals surface area contributed by atoms with Gasteiger partial charge in [0.2, 0.25) is 0 Å². The molecular formula is C28H28N4O3. The summed E-state index contributed by atoms with van der Waals surface area (Å²) < 4.78 is 7.55. The fourth-order valence-electron chi connectivity index (χ4n) is 4.72. The average molecular weight is 469 g/mol. The number of methoxy groups -OCH3 is 1. The number of Topliss-reactive ketones (excluding diaryl/α,β-unsaturated/α-hetero) is 1. The van der Waals surface area contributed by atoms with E-state index in [1.54, 1.807) is 31.4 Å². The SMILES string of the molecule is COc1cccc(-c2nc([C@@H]3CCCN(C(=O)Nc4cccc(C(C)=O)c4)C3)n3ccccc23)c1. The summed E-state index contributed by atoms with van der Waals surface area (Å²) >= 11 is 0. The van der Waals surface area contributed by atoms with Gasteiger partial charge in [-0.05, 0) is 56.2 Å². The van der Waals surface area contributed by atoms with E-state index >= 15 is 0 Å². The van der Waals surface area contributed by atoms with Crippen molar-refractivity contribution in [2.24, 2.45) is 0 Å². The zero-order valence-electron chi connectivity index (χ0n) is 19.9. The van der Waals surface area contributed by atoms with Crippen LogP contribution in [-0.2, 0) is 0 Å². The Bertz CT molecular complexity index is 1390. The number of carbonyl (C=O) groups excluding carboxylic acids is 2. The first-order valence-corrected chi connectivity index (χ1v) is 11.8. The van der Waals surface area contributed by atoms with E-state index in [9.17, 15) is 9.59 Å².